The number of benzene rings is 3. The number of aromatic nitrogens is 6. The molecule has 1 N–H and O–H groups in total. The predicted octanol–water partition coefficient (Wildman–Crippen LogP) is 4.76. The van der Waals surface area contributed by atoms with Gasteiger partial charge in [-0.15, -0.1) is 10.2 Å². The number of carbonyl (C=O) groups excluding carboxylic acids is 1. The fourth-order valence-electron chi connectivity index (χ4n) is 5.47. The van der Waals surface area contributed by atoms with Crippen LogP contribution < -0.4 is 0 Å². The van der Waals surface area contributed by atoms with Crippen LogP contribution in [0.3, 0.4) is 0 Å². The normalized spacial score (nSPS) is 13.9. The summed E-state index contributed by atoms with van der Waals surface area (Å²) in [4.78, 5) is 20.6. The molecule has 3 aromatic carbocycles. The van der Waals surface area contributed by atoms with Crippen molar-refractivity contribution in [3.05, 3.63) is 83.7 Å². The van der Waals surface area contributed by atoms with Crippen LogP contribution in [0, 0.1) is 0 Å². The molecule has 0 radical (unpaired) electrons. The van der Waals surface area contributed by atoms with E-state index in [1.165, 1.54) is 0 Å². The largest absolute Gasteiger partial charge is 0.461 e. The van der Waals surface area contributed by atoms with Crippen LogP contribution in [0.25, 0.3) is 33.5 Å². The van der Waals surface area contributed by atoms with Gasteiger partial charge in [0, 0.05) is 38.2 Å². The number of aromatic amines is 1. The molecule has 10 nitrogen and oxygen atoms in total. The highest BCUT2D eigenvalue weighted by Gasteiger charge is 2.21. The minimum absolute atomic E-state index is 0.330. The molecule has 0 amide bonds. The van der Waals surface area contributed by atoms with Crippen molar-refractivity contribution in [2.24, 2.45) is 0 Å². The monoisotopic (exact) mass is 565 g/mol. The molecule has 6 rings (SSSR count). The van der Waals surface area contributed by atoms with Crippen molar-refractivity contribution in [2.45, 2.75) is 32.7 Å². The number of aryl methyl sites for hydroxylation is 1. The quantitative estimate of drug-likeness (QED) is 0.228. The first-order chi connectivity index (χ1) is 20.7. The highest BCUT2D eigenvalue weighted by molar-refractivity contribution is 6.02. The van der Waals surface area contributed by atoms with E-state index in [0.29, 0.717) is 44.3 Å². The van der Waals surface area contributed by atoms with Crippen LogP contribution in [0.2, 0.25) is 0 Å². The number of hydrogen-bond acceptors (Lipinski definition) is 8. The van der Waals surface area contributed by atoms with Gasteiger partial charge < -0.3 is 14.0 Å². The zero-order valence-corrected chi connectivity index (χ0v) is 23.8. The third kappa shape index (κ3) is 6.09. The van der Waals surface area contributed by atoms with Gasteiger partial charge in [0.25, 0.3) is 0 Å². The van der Waals surface area contributed by atoms with E-state index in [2.05, 4.69) is 67.3 Å². The first-order valence-corrected chi connectivity index (χ1v) is 14.6. The van der Waals surface area contributed by atoms with Gasteiger partial charge in [-0.1, -0.05) is 61.9 Å². The van der Waals surface area contributed by atoms with Crippen LogP contribution in [-0.4, -0.2) is 80.5 Å². The van der Waals surface area contributed by atoms with Crippen molar-refractivity contribution in [3.8, 4) is 22.5 Å². The van der Waals surface area contributed by atoms with E-state index < -0.39 is 0 Å². The predicted molar refractivity (Wildman–Crippen MR) is 160 cm³/mol. The average Bonchev–Trinajstić information content (AvgIpc) is 3.70. The Balaban J connectivity index is 1.34. The second-order valence-electron chi connectivity index (χ2n) is 10.5. The molecule has 0 spiro atoms. The Morgan fingerprint density at radius 1 is 1.02 bits per heavy atom. The van der Waals surface area contributed by atoms with E-state index in [1.807, 2.05) is 36.4 Å². The molecule has 0 bridgehead atoms. The fourth-order valence-corrected chi connectivity index (χ4v) is 5.47. The Morgan fingerprint density at radius 3 is 2.67 bits per heavy atom. The first-order valence-electron chi connectivity index (χ1n) is 14.6. The summed E-state index contributed by atoms with van der Waals surface area (Å²) in [7, 11) is 0. The summed E-state index contributed by atoms with van der Waals surface area (Å²) in [5, 5.41) is 14.9. The Labute approximate surface area is 244 Å². The third-order valence-corrected chi connectivity index (χ3v) is 7.66. The fraction of sp³-hybridized carbons (Fsp3) is 0.344. The van der Waals surface area contributed by atoms with E-state index in [-0.39, 0.29) is 5.97 Å². The van der Waals surface area contributed by atoms with Crippen LogP contribution in [0.5, 0.6) is 0 Å². The van der Waals surface area contributed by atoms with Crippen LogP contribution in [-0.2, 0) is 22.4 Å². The molecule has 5 aromatic rings. The molecule has 0 unspecified atom stereocenters. The smallest absolute Gasteiger partial charge is 0.340 e. The van der Waals surface area contributed by atoms with Crippen molar-refractivity contribution in [2.75, 3.05) is 39.5 Å². The van der Waals surface area contributed by atoms with Gasteiger partial charge in [0.2, 0.25) is 5.82 Å². The lowest BCUT2D eigenvalue weighted by Gasteiger charge is -2.26. The second-order valence-corrected chi connectivity index (χ2v) is 10.5. The minimum atomic E-state index is -0.330. The number of ether oxygens (including phenoxy) is 2. The number of rotatable bonds is 11. The van der Waals surface area contributed by atoms with Gasteiger partial charge in [0.15, 0.2) is 0 Å². The summed E-state index contributed by atoms with van der Waals surface area (Å²) in [5.41, 5.74) is 6.15. The highest BCUT2D eigenvalue weighted by Crippen LogP contribution is 2.32. The Hall–Kier alpha value is -4.41. The number of hydrogen-bond donors (Lipinski definition) is 1. The van der Waals surface area contributed by atoms with Crippen molar-refractivity contribution >= 4 is 17.0 Å². The molecule has 10 heteroatoms. The standard InChI is InChI=1S/C32H35N7O3/c1-2-3-12-29-33-28-11-7-10-26(32(40)42-20-17-38-15-18-41-19-16-38)30(28)39(29)22-23-13-14-25(24-8-5-4-6-9-24)27(21-23)31-34-36-37-35-31/h4-11,13-14,21H,2-3,12,15-20,22H2,1H3,(H,34,35,36,37). The number of H-pyrrole nitrogens is 1. The number of nitrogens with zero attached hydrogens (tertiary/aromatic N) is 6. The van der Waals surface area contributed by atoms with Crippen molar-refractivity contribution in [3.63, 3.8) is 0 Å². The number of unbranched alkanes of at least 4 members (excludes halogenated alkanes) is 1. The molecule has 1 fully saturated rings. The van der Waals surface area contributed by atoms with Gasteiger partial charge in [-0.3, -0.25) is 4.90 Å². The van der Waals surface area contributed by atoms with E-state index >= 15 is 0 Å². The summed E-state index contributed by atoms with van der Waals surface area (Å²) < 4.78 is 13.4. The Morgan fingerprint density at radius 2 is 1.88 bits per heavy atom. The number of fused-ring (bicyclic) bond motifs is 1. The Kier molecular flexibility index (Phi) is 8.62. The third-order valence-electron chi connectivity index (χ3n) is 7.66. The van der Waals surface area contributed by atoms with Crippen LogP contribution in [0.1, 0.15) is 41.5 Å². The molecule has 0 aliphatic carbocycles. The van der Waals surface area contributed by atoms with E-state index in [9.17, 15) is 4.79 Å². The molecule has 3 heterocycles. The van der Waals surface area contributed by atoms with Gasteiger partial charge in [-0.25, -0.2) is 9.78 Å². The molecule has 0 saturated carbocycles. The minimum Gasteiger partial charge on any atom is -0.461 e. The number of esters is 1. The summed E-state index contributed by atoms with van der Waals surface area (Å²) in [6.07, 6.45) is 2.87. The van der Waals surface area contributed by atoms with E-state index in [4.69, 9.17) is 14.5 Å². The van der Waals surface area contributed by atoms with Gasteiger partial charge in [0.1, 0.15) is 12.4 Å². The van der Waals surface area contributed by atoms with E-state index in [0.717, 1.165) is 71.5 Å². The van der Waals surface area contributed by atoms with Gasteiger partial charge in [-0.2, -0.15) is 5.21 Å². The second kappa shape index (κ2) is 13.1. The molecule has 42 heavy (non-hydrogen) atoms. The number of para-hydroxylation sites is 1. The summed E-state index contributed by atoms with van der Waals surface area (Å²) in [6, 6.07) is 22.2. The Bertz CT molecular complexity index is 1630. The molecule has 216 valence electrons. The lowest BCUT2D eigenvalue weighted by atomic mass is 9.97. The maximum Gasteiger partial charge on any atom is 0.340 e. The molecule has 0 atom stereocenters. The zero-order valence-electron chi connectivity index (χ0n) is 23.8. The van der Waals surface area contributed by atoms with E-state index in [1.54, 1.807) is 0 Å². The van der Waals surface area contributed by atoms with Crippen molar-refractivity contribution in [1.82, 2.24) is 35.1 Å². The number of morpholine rings is 1. The molecular formula is C32H35N7O3. The van der Waals surface area contributed by atoms with Crippen LogP contribution >= 0.6 is 0 Å². The number of nitrogens with one attached hydrogen (secondary N) is 1. The average molecular weight is 566 g/mol. The summed E-state index contributed by atoms with van der Waals surface area (Å²) in [5.74, 6) is 1.15. The number of imidazole rings is 1. The highest BCUT2D eigenvalue weighted by atomic mass is 16.5. The molecule has 1 aliphatic heterocycles. The maximum absolute atomic E-state index is 13.4. The van der Waals surface area contributed by atoms with Gasteiger partial charge in [0.05, 0.1) is 29.8 Å². The maximum atomic E-state index is 13.4. The molecular weight excluding hydrogens is 530 g/mol. The number of tetrazole rings is 1. The number of carbonyl (C=O) groups is 1. The summed E-state index contributed by atoms with van der Waals surface area (Å²) in [6.45, 7) is 6.88. The van der Waals surface area contributed by atoms with Crippen molar-refractivity contribution < 1.29 is 14.3 Å². The van der Waals surface area contributed by atoms with Crippen LogP contribution in [0.4, 0.5) is 0 Å². The molecule has 2 aromatic heterocycles. The van der Waals surface area contributed by atoms with Crippen LogP contribution in [0.15, 0.2) is 66.7 Å². The molecule has 1 saturated heterocycles. The SMILES string of the molecule is CCCCc1nc2cccc(C(=O)OCCN3CCOCC3)c2n1Cc1ccc(-c2ccccc2)c(-c2nn[nH]n2)c1. The summed E-state index contributed by atoms with van der Waals surface area (Å²) >= 11 is 0. The molecule has 1 aliphatic rings. The lowest BCUT2D eigenvalue weighted by molar-refractivity contribution is 0.0196. The topological polar surface area (TPSA) is 111 Å². The van der Waals surface area contributed by atoms with Gasteiger partial charge >= 0.3 is 5.97 Å². The lowest BCUT2D eigenvalue weighted by Crippen LogP contribution is -2.38. The van der Waals surface area contributed by atoms with Crippen molar-refractivity contribution in [1.29, 1.82) is 0 Å². The zero-order chi connectivity index (χ0) is 28.7. The first kappa shape index (κ1) is 27.7. The van der Waals surface area contributed by atoms with Gasteiger partial charge in [-0.05, 0) is 46.5 Å².